The summed E-state index contributed by atoms with van der Waals surface area (Å²) >= 11 is 0. The summed E-state index contributed by atoms with van der Waals surface area (Å²) in [6.07, 6.45) is 0.404. The minimum Gasteiger partial charge on any atom is -0.481 e. The lowest BCUT2D eigenvalue weighted by atomic mass is 10.3. The van der Waals surface area contributed by atoms with E-state index in [2.05, 4.69) is 0 Å². The summed E-state index contributed by atoms with van der Waals surface area (Å²) in [5.41, 5.74) is 0. The third-order valence-electron chi connectivity index (χ3n) is 2.24. The van der Waals surface area contributed by atoms with Gasteiger partial charge in [0.15, 0.2) is 0 Å². The number of carbonyl (C=O) groups is 2. The van der Waals surface area contributed by atoms with E-state index in [1.165, 1.54) is 0 Å². The molecule has 2 atom stereocenters. The molecule has 0 bridgehead atoms. The summed E-state index contributed by atoms with van der Waals surface area (Å²) in [7, 11) is 0. The molecule has 0 rings (SSSR count). The van der Waals surface area contributed by atoms with E-state index in [-0.39, 0.29) is 31.7 Å². The van der Waals surface area contributed by atoms with Crippen molar-refractivity contribution in [3.8, 4) is 0 Å². The molecule has 0 radical (unpaired) electrons. The van der Waals surface area contributed by atoms with Crippen LogP contribution in [0.15, 0.2) is 0 Å². The maximum atomic E-state index is 11.2. The van der Waals surface area contributed by atoms with Crippen molar-refractivity contribution >= 4 is 11.9 Å². The van der Waals surface area contributed by atoms with E-state index in [9.17, 15) is 9.59 Å². The summed E-state index contributed by atoms with van der Waals surface area (Å²) in [4.78, 5) is 21.4. The second-order valence-electron chi connectivity index (χ2n) is 4.40. The Morgan fingerprint density at radius 2 is 1.68 bits per heavy atom. The van der Waals surface area contributed by atoms with Crippen molar-refractivity contribution in [1.82, 2.24) is 0 Å². The van der Waals surface area contributed by atoms with Crippen LogP contribution >= 0.6 is 0 Å². The van der Waals surface area contributed by atoms with Gasteiger partial charge in [0.05, 0.1) is 31.7 Å². The molecule has 0 saturated heterocycles. The number of carboxylic acids is 1. The summed E-state index contributed by atoms with van der Waals surface area (Å²) in [5.74, 6) is -1.53. The van der Waals surface area contributed by atoms with Gasteiger partial charge in [0.25, 0.3) is 0 Å². The van der Waals surface area contributed by atoms with Crippen molar-refractivity contribution in [2.75, 3.05) is 19.8 Å². The molecule has 0 aliphatic carbocycles. The Hall–Kier alpha value is -1.14. The average molecular weight is 276 g/mol. The van der Waals surface area contributed by atoms with E-state index >= 15 is 0 Å². The molecular weight excluding hydrogens is 252 g/mol. The maximum absolute atomic E-state index is 11.2. The second kappa shape index (κ2) is 10.8. The number of hydrogen-bond acceptors (Lipinski definition) is 5. The molecule has 1 N–H and O–H groups in total. The molecule has 0 aliphatic heterocycles. The first-order valence-electron chi connectivity index (χ1n) is 6.56. The number of ether oxygens (including phenoxy) is 3. The fraction of sp³-hybridized carbons (Fsp3) is 0.846. The van der Waals surface area contributed by atoms with Crippen LogP contribution in [0, 0.1) is 0 Å². The van der Waals surface area contributed by atoms with Gasteiger partial charge in [-0.15, -0.1) is 0 Å². The zero-order valence-corrected chi connectivity index (χ0v) is 11.9. The van der Waals surface area contributed by atoms with Gasteiger partial charge >= 0.3 is 11.9 Å². The van der Waals surface area contributed by atoms with Crippen LogP contribution in [0.1, 0.15) is 40.0 Å². The first-order valence-corrected chi connectivity index (χ1v) is 6.56. The van der Waals surface area contributed by atoms with Crippen molar-refractivity contribution in [3.63, 3.8) is 0 Å². The average Bonchev–Trinajstić information content (AvgIpc) is 2.37. The monoisotopic (exact) mass is 276 g/mol. The topological polar surface area (TPSA) is 82.1 Å². The van der Waals surface area contributed by atoms with Crippen LogP contribution in [-0.4, -0.2) is 49.1 Å². The molecule has 112 valence electrons. The van der Waals surface area contributed by atoms with Gasteiger partial charge in [0.2, 0.25) is 0 Å². The van der Waals surface area contributed by atoms with Crippen molar-refractivity contribution in [2.45, 2.75) is 52.2 Å². The van der Waals surface area contributed by atoms with Gasteiger partial charge in [-0.2, -0.15) is 0 Å². The van der Waals surface area contributed by atoms with Crippen LogP contribution in [0.5, 0.6) is 0 Å². The first-order chi connectivity index (χ1) is 8.95. The van der Waals surface area contributed by atoms with Crippen LogP contribution in [0.2, 0.25) is 0 Å². The normalized spacial score (nSPS) is 13.8. The van der Waals surface area contributed by atoms with Crippen molar-refractivity contribution in [3.05, 3.63) is 0 Å². The predicted molar refractivity (Wildman–Crippen MR) is 68.9 cm³/mol. The van der Waals surface area contributed by atoms with Gasteiger partial charge in [-0.1, -0.05) is 6.92 Å². The number of esters is 1. The molecule has 0 aromatic heterocycles. The molecule has 0 saturated carbocycles. The Kier molecular flexibility index (Phi) is 10.1. The zero-order chi connectivity index (χ0) is 14.7. The number of hydrogen-bond donors (Lipinski definition) is 1. The maximum Gasteiger partial charge on any atom is 0.306 e. The highest BCUT2D eigenvalue weighted by molar-refractivity contribution is 5.76. The second-order valence-corrected chi connectivity index (χ2v) is 4.40. The van der Waals surface area contributed by atoms with E-state index in [0.29, 0.717) is 13.2 Å². The first kappa shape index (κ1) is 17.9. The fourth-order valence-corrected chi connectivity index (χ4v) is 1.21. The molecule has 0 heterocycles. The molecule has 6 heteroatoms. The highest BCUT2D eigenvalue weighted by Crippen LogP contribution is 2.00. The zero-order valence-electron chi connectivity index (χ0n) is 11.9. The van der Waals surface area contributed by atoms with Crippen LogP contribution in [0.3, 0.4) is 0 Å². The minimum atomic E-state index is -1.01. The lowest BCUT2D eigenvalue weighted by molar-refractivity contribution is -0.151. The quantitative estimate of drug-likeness (QED) is 0.577. The Morgan fingerprint density at radius 3 is 2.26 bits per heavy atom. The molecule has 0 spiro atoms. The molecule has 2 unspecified atom stereocenters. The lowest BCUT2D eigenvalue weighted by Crippen LogP contribution is -2.25. The molecular formula is C13H24O6. The van der Waals surface area contributed by atoms with Gasteiger partial charge < -0.3 is 19.3 Å². The Balaban J connectivity index is 3.60. The third-order valence-corrected chi connectivity index (χ3v) is 2.24. The van der Waals surface area contributed by atoms with Gasteiger partial charge in [-0.25, -0.2) is 0 Å². The molecule has 0 amide bonds. The van der Waals surface area contributed by atoms with E-state index in [4.69, 9.17) is 19.3 Å². The fourth-order valence-electron chi connectivity index (χ4n) is 1.21. The third kappa shape index (κ3) is 11.7. The van der Waals surface area contributed by atoms with Crippen LogP contribution < -0.4 is 0 Å². The standard InChI is InChI=1S/C13H24O6/c1-4-7-17-10(2)8-18-11(3)9-19-13(16)6-5-12(14)15/h10-11H,4-9H2,1-3H3,(H,14,15). The van der Waals surface area contributed by atoms with Crippen molar-refractivity contribution in [1.29, 1.82) is 0 Å². The Bertz CT molecular complexity index is 266. The van der Waals surface area contributed by atoms with Crippen LogP contribution in [-0.2, 0) is 23.8 Å². The molecule has 0 aromatic rings. The number of aliphatic carboxylic acids is 1. The SMILES string of the molecule is CCCOC(C)COC(C)COC(=O)CCC(=O)O. The van der Waals surface area contributed by atoms with Gasteiger partial charge in [-0.05, 0) is 20.3 Å². The molecule has 0 fully saturated rings. The van der Waals surface area contributed by atoms with E-state index in [1.807, 2.05) is 13.8 Å². The van der Waals surface area contributed by atoms with Gasteiger partial charge in [0, 0.05) is 6.61 Å². The van der Waals surface area contributed by atoms with Crippen molar-refractivity contribution < 1.29 is 28.9 Å². The summed E-state index contributed by atoms with van der Waals surface area (Å²) in [6, 6.07) is 0. The van der Waals surface area contributed by atoms with Crippen LogP contribution in [0.25, 0.3) is 0 Å². The Labute approximate surface area is 114 Å². The minimum absolute atomic E-state index is 0.00473. The smallest absolute Gasteiger partial charge is 0.306 e. The highest BCUT2D eigenvalue weighted by atomic mass is 16.6. The largest absolute Gasteiger partial charge is 0.481 e. The van der Waals surface area contributed by atoms with E-state index in [1.54, 1.807) is 6.92 Å². The molecule has 0 aliphatic rings. The number of carbonyl (C=O) groups excluding carboxylic acids is 1. The highest BCUT2D eigenvalue weighted by Gasteiger charge is 2.11. The van der Waals surface area contributed by atoms with Gasteiger partial charge in [-0.3, -0.25) is 9.59 Å². The predicted octanol–water partition coefficient (Wildman–Crippen LogP) is 1.61. The lowest BCUT2D eigenvalue weighted by Gasteiger charge is -2.17. The summed E-state index contributed by atoms with van der Waals surface area (Å²) < 4.78 is 15.8. The van der Waals surface area contributed by atoms with E-state index < -0.39 is 11.9 Å². The van der Waals surface area contributed by atoms with Crippen molar-refractivity contribution in [2.24, 2.45) is 0 Å². The summed E-state index contributed by atoms with van der Waals surface area (Å²) in [6.45, 7) is 7.00. The molecule has 19 heavy (non-hydrogen) atoms. The molecule has 0 aromatic carbocycles. The molecule has 6 nitrogen and oxygen atoms in total. The number of rotatable bonds is 11. The van der Waals surface area contributed by atoms with Crippen LogP contribution in [0.4, 0.5) is 0 Å². The van der Waals surface area contributed by atoms with Gasteiger partial charge in [0.1, 0.15) is 6.61 Å². The number of carboxylic acid groups (broad SMARTS) is 1. The summed E-state index contributed by atoms with van der Waals surface area (Å²) in [5, 5.41) is 8.41. The Morgan fingerprint density at radius 1 is 1.05 bits per heavy atom. The van der Waals surface area contributed by atoms with E-state index in [0.717, 1.165) is 6.42 Å².